The van der Waals surface area contributed by atoms with Crippen LogP contribution in [0.5, 0.6) is 0 Å². The number of allylic oxidation sites excluding steroid dienone is 4. The fourth-order valence-electron chi connectivity index (χ4n) is 1.74. The van der Waals surface area contributed by atoms with Crippen LogP contribution < -0.4 is 0 Å². The van der Waals surface area contributed by atoms with Crippen molar-refractivity contribution in [1.82, 2.24) is 0 Å². The van der Waals surface area contributed by atoms with Crippen LogP contribution in [0.4, 0.5) is 0 Å². The molecule has 0 aliphatic heterocycles. The average molecular weight is 178 g/mol. The van der Waals surface area contributed by atoms with Crippen LogP contribution in [0, 0.1) is 17.3 Å². The maximum Gasteiger partial charge on any atom is -0.00831 e. The molecule has 74 valence electrons. The Morgan fingerprint density at radius 2 is 1.85 bits per heavy atom. The Balaban J connectivity index is 2.80. The van der Waals surface area contributed by atoms with E-state index in [1.165, 1.54) is 6.42 Å². The monoisotopic (exact) mass is 178 g/mol. The molecule has 0 N–H and O–H groups in total. The first kappa shape index (κ1) is 10.6. The summed E-state index contributed by atoms with van der Waals surface area (Å²) >= 11 is 0. The first-order valence-electron chi connectivity index (χ1n) is 5.34. The van der Waals surface area contributed by atoms with Gasteiger partial charge in [0.05, 0.1) is 0 Å². The van der Waals surface area contributed by atoms with Gasteiger partial charge in [-0.15, -0.1) is 0 Å². The van der Waals surface area contributed by atoms with Crippen LogP contribution in [-0.4, -0.2) is 0 Å². The third-order valence-corrected chi connectivity index (χ3v) is 3.43. The Morgan fingerprint density at radius 1 is 1.23 bits per heavy atom. The SMILES string of the molecule is CC(C)C1=CC=C[C@@](C)(C(C)C)C1. The van der Waals surface area contributed by atoms with Gasteiger partial charge in [0, 0.05) is 0 Å². The molecule has 0 amide bonds. The lowest BCUT2D eigenvalue weighted by molar-refractivity contribution is 0.284. The highest BCUT2D eigenvalue weighted by atomic mass is 14.3. The smallest absolute Gasteiger partial charge is 0.00831 e. The minimum Gasteiger partial charge on any atom is -0.0780 e. The second-order valence-electron chi connectivity index (χ2n) is 5.09. The van der Waals surface area contributed by atoms with E-state index in [0.717, 1.165) is 5.92 Å². The fraction of sp³-hybridized carbons (Fsp3) is 0.692. The predicted octanol–water partition coefficient (Wildman–Crippen LogP) is 4.19. The second-order valence-corrected chi connectivity index (χ2v) is 5.09. The molecule has 0 aromatic carbocycles. The number of hydrogen-bond acceptors (Lipinski definition) is 0. The molecule has 0 spiro atoms. The Morgan fingerprint density at radius 3 is 2.31 bits per heavy atom. The maximum absolute atomic E-state index is 2.36. The van der Waals surface area contributed by atoms with Gasteiger partial charge >= 0.3 is 0 Å². The number of hydrogen-bond donors (Lipinski definition) is 0. The fourth-order valence-corrected chi connectivity index (χ4v) is 1.74. The van der Waals surface area contributed by atoms with Gasteiger partial charge in [-0.1, -0.05) is 58.4 Å². The summed E-state index contributed by atoms with van der Waals surface area (Å²) in [5.74, 6) is 1.43. The maximum atomic E-state index is 2.36. The molecule has 0 bridgehead atoms. The lowest BCUT2D eigenvalue weighted by Crippen LogP contribution is -2.24. The molecule has 0 heteroatoms. The molecular weight excluding hydrogens is 156 g/mol. The van der Waals surface area contributed by atoms with Crippen LogP contribution >= 0.6 is 0 Å². The molecule has 1 atom stereocenters. The standard InChI is InChI=1S/C13H22/c1-10(2)12-7-6-8-13(5,9-12)11(3)4/h6-8,10-11H,9H2,1-5H3/t13-/m1/s1. The summed E-state index contributed by atoms with van der Waals surface area (Å²) in [6.07, 6.45) is 8.12. The van der Waals surface area contributed by atoms with Gasteiger partial charge in [-0.25, -0.2) is 0 Å². The Hall–Kier alpha value is -0.520. The molecule has 0 heterocycles. The highest BCUT2D eigenvalue weighted by molar-refractivity contribution is 5.24. The molecule has 1 aliphatic carbocycles. The minimum absolute atomic E-state index is 0.383. The molecule has 0 fully saturated rings. The summed E-state index contributed by atoms with van der Waals surface area (Å²) in [6, 6.07) is 0. The van der Waals surface area contributed by atoms with Gasteiger partial charge in [-0.3, -0.25) is 0 Å². The lowest BCUT2D eigenvalue weighted by atomic mass is 9.70. The van der Waals surface area contributed by atoms with Gasteiger partial charge in [0.15, 0.2) is 0 Å². The summed E-state index contributed by atoms with van der Waals surface area (Å²) in [6.45, 7) is 11.6. The average Bonchev–Trinajstić information content (AvgIpc) is 2.04. The highest BCUT2D eigenvalue weighted by Gasteiger charge is 2.28. The molecule has 0 radical (unpaired) electrons. The topological polar surface area (TPSA) is 0 Å². The molecule has 0 nitrogen and oxygen atoms in total. The molecule has 1 rings (SSSR count). The highest BCUT2D eigenvalue weighted by Crippen LogP contribution is 2.39. The van der Waals surface area contributed by atoms with Gasteiger partial charge in [-0.05, 0) is 23.7 Å². The van der Waals surface area contributed by atoms with Gasteiger partial charge in [0.25, 0.3) is 0 Å². The van der Waals surface area contributed by atoms with Crippen molar-refractivity contribution in [1.29, 1.82) is 0 Å². The van der Waals surface area contributed by atoms with Crippen LogP contribution in [0.15, 0.2) is 23.8 Å². The minimum atomic E-state index is 0.383. The van der Waals surface area contributed by atoms with Crippen LogP contribution in [0.2, 0.25) is 0 Å². The van der Waals surface area contributed by atoms with E-state index in [1.807, 2.05) is 0 Å². The van der Waals surface area contributed by atoms with Gasteiger partial charge < -0.3 is 0 Å². The number of rotatable bonds is 2. The van der Waals surface area contributed by atoms with Crippen LogP contribution in [0.3, 0.4) is 0 Å². The van der Waals surface area contributed by atoms with E-state index in [1.54, 1.807) is 5.57 Å². The Kier molecular flexibility index (Phi) is 3.00. The summed E-state index contributed by atoms with van der Waals surface area (Å²) in [5, 5.41) is 0. The van der Waals surface area contributed by atoms with Crippen molar-refractivity contribution in [3.8, 4) is 0 Å². The quantitative estimate of drug-likeness (QED) is 0.594. The van der Waals surface area contributed by atoms with Crippen molar-refractivity contribution in [2.45, 2.75) is 41.0 Å². The first-order chi connectivity index (χ1) is 5.96. The van der Waals surface area contributed by atoms with E-state index in [9.17, 15) is 0 Å². The molecule has 0 saturated carbocycles. The van der Waals surface area contributed by atoms with E-state index in [-0.39, 0.29) is 0 Å². The van der Waals surface area contributed by atoms with Crippen molar-refractivity contribution in [2.24, 2.45) is 17.3 Å². The third-order valence-electron chi connectivity index (χ3n) is 3.43. The van der Waals surface area contributed by atoms with E-state index in [0.29, 0.717) is 11.3 Å². The molecule has 0 saturated heterocycles. The van der Waals surface area contributed by atoms with Crippen LogP contribution in [0.25, 0.3) is 0 Å². The lowest BCUT2D eigenvalue weighted by Gasteiger charge is -2.34. The van der Waals surface area contributed by atoms with Crippen molar-refractivity contribution < 1.29 is 0 Å². The van der Waals surface area contributed by atoms with E-state index in [2.05, 4.69) is 52.8 Å². The third kappa shape index (κ3) is 2.24. The Bertz CT molecular complexity index is 230. The molecule has 0 aromatic rings. The first-order valence-corrected chi connectivity index (χ1v) is 5.34. The van der Waals surface area contributed by atoms with E-state index >= 15 is 0 Å². The van der Waals surface area contributed by atoms with E-state index < -0.39 is 0 Å². The Labute approximate surface area is 82.7 Å². The molecule has 0 unspecified atom stereocenters. The summed E-state index contributed by atoms with van der Waals surface area (Å²) in [5.41, 5.74) is 1.98. The molecule has 13 heavy (non-hydrogen) atoms. The van der Waals surface area contributed by atoms with Crippen molar-refractivity contribution in [3.05, 3.63) is 23.8 Å². The molecule has 1 aliphatic rings. The van der Waals surface area contributed by atoms with Crippen LogP contribution in [0.1, 0.15) is 41.0 Å². The summed E-state index contributed by atoms with van der Waals surface area (Å²) in [7, 11) is 0. The summed E-state index contributed by atoms with van der Waals surface area (Å²) < 4.78 is 0. The molecular formula is C13H22. The second kappa shape index (κ2) is 3.69. The zero-order chi connectivity index (χ0) is 10.1. The van der Waals surface area contributed by atoms with Gasteiger partial charge in [-0.2, -0.15) is 0 Å². The normalized spacial score (nSPS) is 28.4. The van der Waals surface area contributed by atoms with Crippen molar-refractivity contribution in [3.63, 3.8) is 0 Å². The van der Waals surface area contributed by atoms with Gasteiger partial charge in [0.2, 0.25) is 0 Å². The van der Waals surface area contributed by atoms with Crippen LogP contribution in [-0.2, 0) is 0 Å². The zero-order valence-electron chi connectivity index (χ0n) is 9.59. The van der Waals surface area contributed by atoms with Crippen molar-refractivity contribution >= 4 is 0 Å². The van der Waals surface area contributed by atoms with Gasteiger partial charge in [0.1, 0.15) is 0 Å². The van der Waals surface area contributed by atoms with E-state index in [4.69, 9.17) is 0 Å². The zero-order valence-corrected chi connectivity index (χ0v) is 9.59. The predicted molar refractivity (Wildman–Crippen MR) is 59.6 cm³/mol. The molecule has 0 aromatic heterocycles. The van der Waals surface area contributed by atoms with Crippen molar-refractivity contribution in [2.75, 3.05) is 0 Å². The largest absolute Gasteiger partial charge is 0.0780 e. The summed E-state index contributed by atoms with van der Waals surface area (Å²) in [4.78, 5) is 0.